The highest BCUT2D eigenvalue weighted by molar-refractivity contribution is 5.90. The van der Waals surface area contributed by atoms with Gasteiger partial charge in [0.2, 0.25) is 0 Å². The van der Waals surface area contributed by atoms with Gasteiger partial charge in [-0.2, -0.15) is 13.9 Å². The highest BCUT2D eigenvalue weighted by atomic mass is 19.3. The van der Waals surface area contributed by atoms with Crippen molar-refractivity contribution in [3.05, 3.63) is 36.4 Å². The Bertz CT molecular complexity index is 733. The van der Waals surface area contributed by atoms with E-state index in [-0.39, 0.29) is 17.2 Å². The Balaban J connectivity index is 1.87. The van der Waals surface area contributed by atoms with Gasteiger partial charge in [0.25, 0.3) is 0 Å². The minimum absolute atomic E-state index is 0.139. The summed E-state index contributed by atoms with van der Waals surface area (Å²) in [7, 11) is 0. The third kappa shape index (κ3) is 2.88. The first kappa shape index (κ1) is 15.4. The number of carbonyl (C=O) groups is 1. The first-order chi connectivity index (χ1) is 11.0. The Labute approximate surface area is 130 Å². The molecule has 0 bridgehead atoms. The van der Waals surface area contributed by atoms with Gasteiger partial charge in [-0.1, -0.05) is 6.92 Å². The van der Waals surface area contributed by atoms with Crippen LogP contribution in [0.15, 0.2) is 30.6 Å². The molecule has 0 aliphatic carbocycles. The number of ether oxygens (including phenoxy) is 1. The van der Waals surface area contributed by atoms with Gasteiger partial charge in [0.05, 0.1) is 18.4 Å². The fraction of sp³-hybridized carbons (Fsp3) is 0.333. The molecule has 0 spiro atoms. The lowest BCUT2D eigenvalue weighted by atomic mass is 10.1. The predicted octanol–water partition coefficient (Wildman–Crippen LogP) is 3.82. The number of alkyl halides is 2. The number of hydrogen-bond acceptors (Lipinski definition) is 3. The number of benzene rings is 1. The molecule has 1 aromatic heterocycles. The van der Waals surface area contributed by atoms with Crippen molar-refractivity contribution >= 4 is 11.8 Å². The van der Waals surface area contributed by atoms with E-state index in [1.807, 2.05) is 6.92 Å². The number of halogens is 3. The van der Waals surface area contributed by atoms with E-state index in [0.717, 1.165) is 6.20 Å². The summed E-state index contributed by atoms with van der Waals surface area (Å²) in [6.45, 7) is -0.528. The van der Waals surface area contributed by atoms with E-state index in [1.54, 1.807) is 6.07 Å². The fourth-order valence-electron chi connectivity index (χ4n) is 2.43. The molecular weight excluding hydrogens is 311 g/mol. The molecule has 1 fully saturated rings. The third-order valence-corrected chi connectivity index (χ3v) is 3.71. The molecular formula is C15H14F3N3O2. The van der Waals surface area contributed by atoms with Gasteiger partial charge in [0, 0.05) is 17.3 Å². The second-order valence-electron chi connectivity index (χ2n) is 5.18. The topological polar surface area (TPSA) is 47.4 Å². The molecule has 1 atom stereocenters. The van der Waals surface area contributed by atoms with Gasteiger partial charge in [0.1, 0.15) is 11.9 Å². The molecule has 5 nitrogen and oxygen atoms in total. The first-order valence-corrected chi connectivity index (χ1v) is 7.10. The van der Waals surface area contributed by atoms with Crippen LogP contribution in [0.4, 0.5) is 23.7 Å². The van der Waals surface area contributed by atoms with Crippen molar-refractivity contribution in [1.82, 2.24) is 9.78 Å². The van der Waals surface area contributed by atoms with Crippen LogP contribution in [0.5, 0.6) is 0 Å². The van der Waals surface area contributed by atoms with Gasteiger partial charge in [-0.25, -0.2) is 13.9 Å². The van der Waals surface area contributed by atoms with Crippen LogP contribution in [-0.4, -0.2) is 28.5 Å². The zero-order valence-electron chi connectivity index (χ0n) is 12.2. The average molecular weight is 325 g/mol. The SMILES string of the molecule is CC[C@H]1CN(c2ccc(-c3cnn(C(F)F)c3)c(F)c2)C(=O)O1. The summed E-state index contributed by atoms with van der Waals surface area (Å²) in [6, 6.07) is 4.18. The molecule has 2 aromatic rings. The lowest BCUT2D eigenvalue weighted by Crippen LogP contribution is -2.24. The van der Waals surface area contributed by atoms with Gasteiger partial charge in [0.15, 0.2) is 0 Å². The number of aromatic nitrogens is 2. The van der Waals surface area contributed by atoms with Crippen molar-refractivity contribution in [2.45, 2.75) is 26.0 Å². The minimum Gasteiger partial charge on any atom is -0.444 e. The van der Waals surface area contributed by atoms with Gasteiger partial charge in [-0.3, -0.25) is 4.90 Å². The maximum Gasteiger partial charge on any atom is 0.414 e. The van der Waals surface area contributed by atoms with Crippen LogP contribution in [0.3, 0.4) is 0 Å². The summed E-state index contributed by atoms with van der Waals surface area (Å²) < 4.78 is 44.9. The smallest absolute Gasteiger partial charge is 0.414 e. The molecule has 1 amide bonds. The quantitative estimate of drug-likeness (QED) is 0.858. The van der Waals surface area contributed by atoms with Crippen molar-refractivity contribution < 1.29 is 22.7 Å². The van der Waals surface area contributed by atoms with Gasteiger partial charge in [-0.15, -0.1) is 0 Å². The molecule has 1 aliphatic heterocycles. The molecule has 0 saturated carbocycles. The number of hydrogen-bond donors (Lipinski definition) is 0. The van der Waals surface area contributed by atoms with E-state index >= 15 is 0 Å². The Morgan fingerprint density at radius 1 is 1.43 bits per heavy atom. The Morgan fingerprint density at radius 3 is 2.78 bits per heavy atom. The average Bonchev–Trinajstić information content (AvgIpc) is 3.13. The number of carbonyl (C=O) groups excluding carboxylic acids is 1. The largest absolute Gasteiger partial charge is 0.444 e. The van der Waals surface area contributed by atoms with E-state index < -0.39 is 18.5 Å². The maximum atomic E-state index is 14.3. The lowest BCUT2D eigenvalue weighted by molar-refractivity contribution is 0.0566. The predicted molar refractivity (Wildman–Crippen MR) is 76.8 cm³/mol. The van der Waals surface area contributed by atoms with Gasteiger partial charge in [-0.05, 0) is 24.6 Å². The summed E-state index contributed by atoms with van der Waals surface area (Å²) in [4.78, 5) is 13.1. The normalized spacial score (nSPS) is 17.9. The monoisotopic (exact) mass is 325 g/mol. The molecule has 1 aromatic carbocycles. The van der Waals surface area contributed by atoms with E-state index in [9.17, 15) is 18.0 Å². The maximum absolute atomic E-state index is 14.3. The van der Waals surface area contributed by atoms with Crippen molar-refractivity contribution in [1.29, 1.82) is 0 Å². The molecule has 8 heteroatoms. The van der Waals surface area contributed by atoms with Crippen LogP contribution >= 0.6 is 0 Å². The minimum atomic E-state index is -2.78. The van der Waals surface area contributed by atoms with Crippen LogP contribution in [0.25, 0.3) is 11.1 Å². The van der Waals surface area contributed by atoms with E-state index in [2.05, 4.69) is 5.10 Å². The number of nitrogens with zero attached hydrogens (tertiary/aromatic N) is 3. The van der Waals surface area contributed by atoms with Crippen molar-refractivity contribution in [2.24, 2.45) is 0 Å². The molecule has 2 heterocycles. The second kappa shape index (κ2) is 5.94. The fourth-order valence-corrected chi connectivity index (χ4v) is 2.43. The van der Waals surface area contributed by atoms with Crippen molar-refractivity contribution in [3.8, 4) is 11.1 Å². The standard InChI is InChI=1S/C15H14F3N3O2/c1-2-11-8-20(15(22)23-11)10-3-4-12(13(16)5-10)9-6-19-21(7-9)14(17)18/h3-7,11,14H,2,8H2,1H3/t11-/m0/s1. The highest BCUT2D eigenvalue weighted by Crippen LogP contribution is 2.29. The van der Waals surface area contributed by atoms with Crippen LogP contribution < -0.4 is 4.90 Å². The van der Waals surface area contributed by atoms with Crippen LogP contribution in [0.1, 0.15) is 19.9 Å². The lowest BCUT2D eigenvalue weighted by Gasteiger charge is -2.14. The molecule has 122 valence electrons. The van der Waals surface area contributed by atoms with Gasteiger partial charge < -0.3 is 4.74 Å². The summed E-state index contributed by atoms with van der Waals surface area (Å²) in [5.41, 5.74) is 0.749. The van der Waals surface area contributed by atoms with E-state index in [4.69, 9.17) is 4.74 Å². The third-order valence-electron chi connectivity index (χ3n) is 3.71. The van der Waals surface area contributed by atoms with Crippen LogP contribution in [0, 0.1) is 5.82 Å². The van der Waals surface area contributed by atoms with Gasteiger partial charge >= 0.3 is 12.6 Å². The Morgan fingerprint density at radius 2 is 2.22 bits per heavy atom. The van der Waals surface area contributed by atoms with E-state index in [1.165, 1.54) is 23.2 Å². The summed E-state index contributed by atoms with van der Waals surface area (Å²) in [6.07, 6.45) is 2.18. The highest BCUT2D eigenvalue weighted by Gasteiger charge is 2.31. The molecule has 1 aliphatic rings. The second-order valence-corrected chi connectivity index (χ2v) is 5.18. The Hall–Kier alpha value is -2.51. The van der Waals surface area contributed by atoms with Crippen molar-refractivity contribution in [3.63, 3.8) is 0 Å². The molecule has 23 heavy (non-hydrogen) atoms. The zero-order valence-corrected chi connectivity index (χ0v) is 12.2. The molecule has 3 rings (SSSR count). The number of anilines is 1. The summed E-state index contributed by atoms with van der Waals surface area (Å²) >= 11 is 0. The zero-order chi connectivity index (χ0) is 16.6. The number of cyclic esters (lactones) is 1. The Kier molecular flexibility index (Phi) is 3.97. The molecule has 0 radical (unpaired) electrons. The molecule has 0 N–H and O–H groups in total. The number of amides is 1. The van der Waals surface area contributed by atoms with Crippen LogP contribution in [-0.2, 0) is 4.74 Å². The molecule has 0 unspecified atom stereocenters. The summed E-state index contributed by atoms with van der Waals surface area (Å²) in [5.74, 6) is -0.621. The van der Waals surface area contributed by atoms with E-state index in [0.29, 0.717) is 23.3 Å². The molecule has 1 saturated heterocycles. The summed E-state index contributed by atoms with van der Waals surface area (Å²) in [5, 5.41) is 3.48. The first-order valence-electron chi connectivity index (χ1n) is 7.10. The van der Waals surface area contributed by atoms with Crippen LogP contribution in [0.2, 0.25) is 0 Å². The number of rotatable bonds is 4. The van der Waals surface area contributed by atoms with Crippen molar-refractivity contribution in [2.75, 3.05) is 11.4 Å².